The fourth-order valence-corrected chi connectivity index (χ4v) is 0.870. The molecule has 0 bridgehead atoms. The van der Waals surface area contributed by atoms with Crippen molar-refractivity contribution < 1.29 is 0 Å². The van der Waals surface area contributed by atoms with Crippen molar-refractivity contribution in [3.8, 4) is 0 Å². The molecule has 0 aliphatic heterocycles. The van der Waals surface area contributed by atoms with Crippen molar-refractivity contribution in [1.82, 2.24) is 0 Å². The monoisotopic (exact) mass is 169 g/mol. The van der Waals surface area contributed by atoms with Gasteiger partial charge in [0.05, 0.1) is 0 Å². The molecule has 62 valence electrons. The maximum Gasteiger partial charge on any atom is 0.0266 e. The van der Waals surface area contributed by atoms with Crippen molar-refractivity contribution >= 4 is 13.5 Å². The first-order valence-corrected chi connectivity index (χ1v) is 3.52. The van der Waals surface area contributed by atoms with Crippen LogP contribution >= 0.6 is 13.5 Å². The molecule has 1 atom stereocenters. The smallest absolute Gasteiger partial charge is 0.0266 e. The van der Waals surface area contributed by atoms with E-state index in [4.69, 9.17) is 5.73 Å². The van der Waals surface area contributed by atoms with Crippen LogP contribution in [-0.4, -0.2) is 0 Å². The van der Waals surface area contributed by atoms with Crippen LogP contribution in [0.25, 0.3) is 0 Å². The van der Waals surface area contributed by atoms with Gasteiger partial charge in [0, 0.05) is 6.04 Å². The standard InChI is InChI=1S/C9H13N.H2S/c1-7-3-5-9(6-4-7)8(2)10;/h3-6,8H,10H2,1-2H3;1H2/t8-;/m0./s1. The fraction of sp³-hybridized carbons (Fsp3) is 0.333. The van der Waals surface area contributed by atoms with Crippen molar-refractivity contribution in [3.63, 3.8) is 0 Å². The minimum atomic E-state index is 0. The first kappa shape index (κ1) is 10.5. The van der Waals surface area contributed by atoms with E-state index in [0.29, 0.717) is 0 Å². The molecule has 1 aromatic carbocycles. The van der Waals surface area contributed by atoms with Crippen LogP contribution in [0.2, 0.25) is 0 Å². The Bertz CT molecular complexity index is 203. The summed E-state index contributed by atoms with van der Waals surface area (Å²) in [6.45, 7) is 4.07. The Morgan fingerprint density at radius 3 is 2.00 bits per heavy atom. The van der Waals surface area contributed by atoms with Gasteiger partial charge in [-0.25, -0.2) is 0 Å². The summed E-state index contributed by atoms with van der Waals surface area (Å²) in [5, 5.41) is 0. The highest BCUT2D eigenvalue weighted by atomic mass is 32.1. The van der Waals surface area contributed by atoms with E-state index in [1.165, 1.54) is 11.1 Å². The first-order chi connectivity index (χ1) is 4.70. The molecule has 1 nitrogen and oxygen atoms in total. The number of hydrogen-bond acceptors (Lipinski definition) is 1. The average molecular weight is 169 g/mol. The van der Waals surface area contributed by atoms with Gasteiger partial charge in [0.15, 0.2) is 0 Å². The molecule has 1 aromatic rings. The molecule has 0 radical (unpaired) electrons. The Kier molecular flexibility index (Phi) is 4.23. The molecule has 11 heavy (non-hydrogen) atoms. The van der Waals surface area contributed by atoms with Gasteiger partial charge in [0.25, 0.3) is 0 Å². The molecule has 2 N–H and O–H groups in total. The zero-order chi connectivity index (χ0) is 7.56. The Morgan fingerprint density at radius 1 is 1.18 bits per heavy atom. The summed E-state index contributed by atoms with van der Waals surface area (Å²) in [6, 6.07) is 8.46. The van der Waals surface area contributed by atoms with Gasteiger partial charge in [-0.15, -0.1) is 0 Å². The molecule has 0 aliphatic rings. The Balaban J connectivity index is 0.000001000. The average Bonchev–Trinajstić information content (AvgIpc) is 1.88. The summed E-state index contributed by atoms with van der Waals surface area (Å²) in [4.78, 5) is 0. The Hall–Kier alpha value is -0.470. The van der Waals surface area contributed by atoms with E-state index < -0.39 is 0 Å². The van der Waals surface area contributed by atoms with E-state index in [1.54, 1.807) is 0 Å². The summed E-state index contributed by atoms with van der Waals surface area (Å²) < 4.78 is 0. The number of hydrogen-bond donors (Lipinski definition) is 1. The summed E-state index contributed by atoms with van der Waals surface area (Å²) in [5.41, 5.74) is 8.15. The molecule has 0 unspecified atom stereocenters. The molecule has 0 amide bonds. The lowest BCUT2D eigenvalue weighted by molar-refractivity contribution is 0.818. The zero-order valence-electron chi connectivity index (χ0n) is 6.96. The lowest BCUT2D eigenvalue weighted by Crippen LogP contribution is -2.04. The zero-order valence-corrected chi connectivity index (χ0v) is 7.96. The molecule has 0 fully saturated rings. The minimum Gasteiger partial charge on any atom is -0.324 e. The number of aryl methyl sites for hydroxylation is 1. The van der Waals surface area contributed by atoms with Gasteiger partial charge in [0.1, 0.15) is 0 Å². The largest absolute Gasteiger partial charge is 0.324 e. The molecule has 0 aliphatic carbocycles. The normalized spacial score (nSPS) is 11.9. The maximum absolute atomic E-state index is 5.66. The predicted octanol–water partition coefficient (Wildman–Crippen LogP) is 2.13. The predicted molar refractivity (Wildman–Crippen MR) is 54.2 cm³/mol. The van der Waals surface area contributed by atoms with Crippen LogP contribution < -0.4 is 5.73 Å². The van der Waals surface area contributed by atoms with E-state index in [-0.39, 0.29) is 19.5 Å². The number of rotatable bonds is 1. The molecule has 0 spiro atoms. The minimum absolute atomic E-state index is 0. The van der Waals surface area contributed by atoms with E-state index in [9.17, 15) is 0 Å². The second-order valence-corrected chi connectivity index (χ2v) is 2.70. The van der Waals surface area contributed by atoms with Crippen LogP contribution in [0.3, 0.4) is 0 Å². The quantitative estimate of drug-likeness (QED) is 0.684. The van der Waals surface area contributed by atoms with Crippen molar-refractivity contribution in [3.05, 3.63) is 35.4 Å². The maximum atomic E-state index is 5.66. The summed E-state index contributed by atoms with van der Waals surface area (Å²) >= 11 is 0. The third kappa shape index (κ3) is 2.95. The van der Waals surface area contributed by atoms with Gasteiger partial charge in [-0.05, 0) is 19.4 Å². The summed E-state index contributed by atoms with van der Waals surface area (Å²) in [5.74, 6) is 0. The van der Waals surface area contributed by atoms with E-state index >= 15 is 0 Å². The van der Waals surface area contributed by atoms with Gasteiger partial charge >= 0.3 is 0 Å². The molecule has 2 heteroatoms. The van der Waals surface area contributed by atoms with Crippen LogP contribution in [0.4, 0.5) is 0 Å². The summed E-state index contributed by atoms with van der Waals surface area (Å²) in [6.07, 6.45) is 0. The van der Waals surface area contributed by atoms with Crippen LogP contribution in [-0.2, 0) is 0 Å². The van der Waals surface area contributed by atoms with E-state index in [2.05, 4.69) is 31.2 Å². The Morgan fingerprint density at radius 2 is 1.64 bits per heavy atom. The van der Waals surface area contributed by atoms with Gasteiger partial charge in [-0.2, -0.15) is 13.5 Å². The third-order valence-electron chi connectivity index (χ3n) is 1.60. The number of nitrogens with two attached hydrogens (primary N) is 1. The van der Waals surface area contributed by atoms with Crippen molar-refractivity contribution in [2.45, 2.75) is 19.9 Å². The van der Waals surface area contributed by atoms with Gasteiger partial charge < -0.3 is 5.73 Å². The molecule has 0 aromatic heterocycles. The third-order valence-corrected chi connectivity index (χ3v) is 1.60. The molecular weight excluding hydrogens is 154 g/mol. The molecule has 0 saturated heterocycles. The van der Waals surface area contributed by atoms with Crippen LogP contribution in [0.15, 0.2) is 24.3 Å². The lowest BCUT2D eigenvalue weighted by Gasteiger charge is -2.03. The lowest BCUT2D eigenvalue weighted by atomic mass is 10.1. The van der Waals surface area contributed by atoms with Crippen molar-refractivity contribution in [2.24, 2.45) is 5.73 Å². The van der Waals surface area contributed by atoms with Crippen molar-refractivity contribution in [1.29, 1.82) is 0 Å². The second kappa shape index (κ2) is 4.42. The van der Waals surface area contributed by atoms with Gasteiger partial charge in [0.2, 0.25) is 0 Å². The summed E-state index contributed by atoms with van der Waals surface area (Å²) in [7, 11) is 0. The Labute approximate surface area is 75.1 Å². The van der Waals surface area contributed by atoms with Gasteiger partial charge in [-0.1, -0.05) is 29.8 Å². The van der Waals surface area contributed by atoms with Gasteiger partial charge in [-0.3, -0.25) is 0 Å². The number of benzene rings is 1. The highest BCUT2D eigenvalue weighted by Crippen LogP contribution is 2.09. The second-order valence-electron chi connectivity index (χ2n) is 2.70. The van der Waals surface area contributed by atoms with E-state index in [0.717, 1.165) is 0 Å². The fourth-order valence-electron chi connectivity index (χ4n) is 0.870. The molecule has 0 saturated carbocycles. The van der Waals surface area contributed by atoms with Crippen LogP contribution in [0.1, 0.15) is 24.1 Å². The SMILES string of the molecule is Cc1ccc([C@H](C)N)cc1.S. The molecule has 1 rings (SSSR count). The van der Waals surface area contributed by atoms with Crippen LogP contribution in [0.5, 0.6) is 0 Å². The van der Waals surface area contributed by atoms with Crippen molar-refractivity contribution in [2.75, 3.05) is 0 Å². The highest BCUT2D eigenvalue weighted by molar-refractivity contribution is 7.59. The highest BCUT2D eigenvalue weighted by Gasteiger charge is 1.95. The molecule has 0 heterocycles. The topological polar surface area (TPSA) is 26.0 Å². The first-order valence-electron chi connectivity index (χ1n) is 3.52. The van der Waals surface area contributed by atoms with E-state index in [1.807, 2.05) is 6.92 Å². The molecular formula is C9H15NS. The van der Waals surface area contributed by atoms with Crippen LogP contribution in [0, 0.1) is 6.92 Å².